The minimum atomic E-state index is -1.14. The van der Waals surface area contributed by atoms with Crippen molar-refractivity contribution in [2.24, 2.45) is 0 Å². The van der Waals surface area contributed by atoms with Gasteiger partial charge in [0.2, 0.25) is 0 Å². The van der Waals surface area contributed by atoms with E-state index in [0.29, 0.717) is 6.42 Å². The van der Waals surface area contributed by atoms with Crippen LogP contribution in [-0.2, 0) is 9.53 Å². The summed E-state index contributed by atoms with van der Waals surface area (Å²) in [5, 5.41) is 17.8. The van der Waals surface area contributed by atoms with Crippen LogP contribution < -0.4 is 0 Å². The number of aliphatic hydroxyl groups is 2. The fourth-order valence-corrected chi connectivity index (χ4v) is 0.762. The van der Waals surface area contributed by atoms with Crippen molar-refractivity contribution < 1.29 is 19.7 Å². The van der Waals surface area contributed by atoms with Gasteiger partial charge in [-0.15, -0.1) is 0 Å². The second-order valence-corrected chi connectivity index (χ2v) is 2.69. The molecule has 0 aromatic carbocycles. The summed E-state index contributed by atoms with van der Waals surface area (Å²) in [6, 6.07) is 0. The fraction of sp³-hybridized carbons (Fsp3) is 0.875. The minimum absolute atomic E-state index is 0.391. The highest BCUT2D eigenvalue weighted by Gasteiger charge is 2.17. The topological polar surface area (TPSA) is 66.8 Å². The number of hydrogen-bond donors (Lipinski definition) is 2. The Hall–Kier alpha value is -0.610. The van der Waals surface area contributed by atoms with E-state index in [-0.39, 0.29) is 0 Å². The van der Waals surface area contributed by atoms with Crippen LogP contribution >= 0.6 is 0 Å². The highest BCUT2D eigenvalue weighted by molar-refractivity contribution is 5.74. The number of hydrogen-bond acceptors (Lipinski definition) is 4. The van der Waals surface area contributed by atoms with E-state index in [1.165, 1.54) is 6.92 Å². The maximum atomic E-state index is 10.8. The molecular formula is C8H16O4. The smallest absolute Gasteiger partial charge is 0.337 e. The first-order valence-corrected chi connectivity index (χ1v) is 4.14. The van der Waals surface area contributed by atoms with Gasteiger partial charge in [0.25, 0.3) is 0 Å². The zero-order valence-electron chi connectivity index (χ0n) is 7.49. The summed E-state index contributed by atoms with van der Waals surface area (Å²) in [4.78, 5) is 10.8. The van der Waals surface area contributed by atoms with Gasteiger partial charge in [0.1, 0.15) is 0 Å². The Balaban J connectivity index is 3.61. The van der Waals surface area contributed by atoms with Gasteiger partial charge in [0.15, 0.2) is 12.4 Å². The lowest BCUT2D eigenvalue weighted by molar-refractivity contribution is -0.174. The van der Waals surface area contributed by atoms with Crippen molar-refractivity contribution in [3.63, 3.8) is 0 Å². The third kappa shape index (κ3) is 5.09. The number of rotatable bonds is 5. The minimum Gasteiger partial charge on any atom is -0.434 e. The Morgan fingerprint density at radius 1 is 1.50 bits per heavy atom. The molecule has 0 bridgehead atoms. The molecule has 0 heterocycles. The SMILES string of the molecule is CCCCC(O)C(=O)OC(C)O. The molecule has 0 aliphatic carbocycles. The molecule has 0 saturated heterocycles. The zero-order chi connectivity index (χ0) is 9.56. The van der Waals surface area contributed by atoms with E-state index in [1.54, 1.807) is 0 Å². The summed E-state index contributed by atoms with van der Waals surface area (Å²) in [6.45, 7) is 3.29. The van der Waals surface area contributed by atoms with Gasteiger partial charge in [-0.25, -0.2) is 4.79 Å². The van der Waals surface area contributed by atoms with Crippen molar-refractivity contribution in [2.75, 3.05) is 0 Å². The third-order valence-electron chi connectivity index (χ3n) is 1.39. The van der Waals surface area contributed by atoms with Crippen LogP contribution in [-0.4, -0.2) is 28.6 Å². The van der Waals surface area contributed by atoms with Crippen molar-refractivity contribution in [2.45, 2.75) is 45.5 Å². The molecule has 2 atom stereocenters. The maximum absolute atomic E-state index is 10.8. The molecule has 0 amide bonds. The quantitative estimate of drug-likeness (QED) is 0.470. The van der Waals surface area contributed by atoms with Crippen molar-refractivity contribution in [3.8, 4) is 0 Å². The normalized spacial score (nSPS) is 15.3. The Kier molecular flexibility index (Phi) is 5.66. The predicted molar refractivity (Wildman–Crippen MR) is 43.3 cm³/mol. The number of carbonyl (C=O) groups is 1. The summed E-state index contributed by atoms with van der Waals surface area (Å²) in [5.74, 6) is -0.751. The van der Waals surface area contributed by atoms with Gasteiger partial charge < -0.3 is 14.9 Å². The molecule has 0 rings (SSSR count). The van der Waals surface area contributed by atoms with Gasteiger partial charge in [-0.05, 0) is 13.3 Å². The van der Waals surface area contributed by atoms with E-state index in [2.05, 4.69) is 4.74 Å². The number of aliphatic hydroxyl groups excluding tert-OH is 2. The van der Waals surface area contributed by atoms with Crippen LogP contribution in [0.15, 0.2) is 0 Å². The Morgan fingerprint density at radius 2 is 2.08 bits per heavy atom. The van der Waals surface area contributed by atoms with E-state index in [1.807, 2.05) is 6.92 Å². The standard InChI is InChI=1S/C8H16O4/c1-3-4-5-7(10)8(11)12-6(2)9/h6-7,9-10H,3-5H2,1-2H3. The molecule has 0 aliphatic heterocycles. The van der Waals surface area contributed by atoms with E-state index >= 15 is 0 Å². The van der Waals surface area contributed by atoms with E-state index in [9.17, 15) is 4.79 Å². The summed E-state index contributed by atoms with van der Waals surface area (Å²) in [6.07, 6.45) is -0.162. The third-order valence-corrected chi connectivity index (χ3v) is 1.39. The molecule has 4 heteroatoms. The Labute approximate surface area is 72.2 Å². The predicted octanol–water partition coefficient (Wildman–Crippen LogP) is 0.419. The second-order valence-electron chi connectivity index (χ2n) is 2.69. The van der Waals surface area contributed by atoms with Gasteiger partial charge in [0, 0.05) is 0 Å². The molecule has 0 aromatic rings. The fourth-order valence-electron chi connectivity index (χ4n) is 0.762. The molecule has 4 nitrogen and oxygen atoms in total. The lowest BCUT2D eigenvalue weighted by Crippen LogP contribution is -2.26. The van der Waals surface area contributed by atoms with Crippen LogP contribution in [0.1, 0.15) is 33.1 Å². The van der Waals surface area contributed by atoms with Gasteiger partial charge in [-0.2, -0.15) is 0 Å². The molecule has 0 aromatic heterocycles. The monoisotopic (exact) mass is 176 g/mol. The van der Waals surface area contributed by atoms with Crippen LogP contribution in [0.2, 0.25) is 0 Å². The number of esters is 1. The highest BCUT2D eigenvalue weighted by Crippen LogP contribution is 2.02. The Morgan fingerprint density at radius 3 is 2.50 bits per heavy atom. The summed E-state index contributed by atoms with van der Waals surface area (Å²) >= 11 is 0. The maximum Gasteiger partial charge on any atom is 0.337 e. The summed E-state index contributed by atoms with van der Waals surface area (Å²) in [5.41, 5.74) is 0. The lowest BCUT2D eigenvalue weighted by atomic mass is 10.2. The summed E-state index contributed by atoms with van der Waals surface area (Å²) < 4.78 is 4.38. The van der Waals surface area contributed by atoms with Gasteiger partial charge in [-0.3, -0.25) is 0 Å². The molecule has 0 saturated carbocycles. The average Bonchev–Trinajstić information content (AvgIpc) is 1.98. The van der Waals surface area contributed by atoms with E-state index < -0.39 is 18.4 Å². The largest absolute Gasteiger partial charge is 0.434 e. The molecule has 2 unspecified atom stereocenters. The van der Waals surface area contributed by atoms with Crippen LogP contribution in [0.4, 0.5) is 0 Å². The van der Waals surface area contributed by atoms with Crippen molar-refractivity contribution in [3.05, 3.63) is 0 Å². The second kappa shape index (κ2) is 5.97. The Bertz CT molecular complexity index is 133. The zero-order valence-corrected chi connectivity index (χ0v) is 7.49. The van der Waals surface area contributed by atoms with Crippen molar-refractivity contribution >= 4 is 5.97 Å². The van der Waals surface area contributed by atoms with Gasteiger partial charge >= 0.3 is 5.97 Å². The van der Waals surface area contributed by atoms with Crippen molar-refractivity contribution in [1.29, 1.82) is 0 Å². The van der Waals surface area contributed by atoms with Crippen LogP contribution in [0.5, 0.6) is 0 Å². The molecular weight excluding hydrogens is 160 g/mol. The average molecular weight is 176 g/mol. The van der Waals surface area contributed by atoms with Crippen LogP contribution in [0.3, 0.4) is 0 Å². The molecule has 72 valence electrons. The van der Waals surface area contributed by atoms with Crippen LogP contribution in [0, 0.1) is 0 Å². The molecule has 2 N–H and O–H groups in total. The summed E-state index contributed by atoms with van der Waals surface area (Å²) in [7, 11) is 0. The first kappa shape index (κ1) is 11.4. The lowest BCUT2D eigenvalue weighted by Gasteiger charge is -2.11. The molecule has 0 radical (unpaired) electrons. The molecule has 12 heavy (non-hydrogen) atoms. The highest BCUT2D eigenvalue weighted by atomic mass is 16.6. The number of unbranched alkanes of at least 4 members (excludes halogenated alkanes) is 1. The number of carbonyl (C=O) groups excluding carboxylic acids is 1. The van der Waals surface area contributed by atoms with Gasteiger partial charge in [0.05, 0.1) is 0 Å². The molecule has 0 aliphatic rings. The van der Waals surface area contributed by atoms with Gasteiger partial charge in [-0.1, -0.05) is 19.8 Å². The first-order valence-electron chi connectivity index (χ1n) is 4.14. The molecule has 0 fully saturated rings. The van der Waals surface area contributed by atoms with E-state index in [4.69, 9.17) is 10.2 Å². The van der Waals surface area contributed by atoms with Crippen LogP contribution in [0.25, 0.3) is 0 Å². The van der Waals surface area contributed by atoms with E-state index in [0.717, 1.165) is 12.8 Å². The number of ether oxygens (including phenoxy) is 1. The van der Waals surface area contributed by atoms with Crippen molar-refractivity contribution in [1.82, 2.24) is 0 Å². The molecule has 0 spiro atoms. The first-order chi connectivity index (χ1) is 5.57.